The third kappa shape index (κ3) is 3.43. The number of carbonyl (C=O) groups is 3. The fourth-order valence-corrected chi connectivity index (χ4v) is 4.15. The number of hydrogen-bond donors (Lipinski definition) is 1. The summed E-state index contributed by atoms with van der Waals surface area (Å²) in [5.74, 6) is -0.301. The minimum absolute atomic E-state index is 0.0674. The summed E-state index contributed by atoms with van der Waals surface area (Å²) in [5, 5.41) is 9.18. The van der Waals surface area contributed by atoms with Crippen LogP contribution >= 0.6 is 0 Å². The number of carbonyl (C=O) groups excluding carboxylic acids is 2. The summed E-state index contributed by atoms with van der Waals surface area (Å²) < 4.78 is 10.0. The van der Waals surface area contributed by atoms with Crippen LogP contribution < -0.4 is 0 Å². The molecule has 3 aliphatic rings. The number of rotatable bonds is 5. The number of ether oxygens (including phenoxy) is 2. The summed E-state index contributed by atoms with van der Waals surface area (Å²) in [6, 6.07) is -0.673. The highest BCUT2D eigenvalue weighted by atomic mass is 16.5. The van der Waals surface area contributed by atoms with E-state index in [1.165, 1.54) is 12.0 Å². The van der Waals surface area contributed by atoms with E-state index in [0.717, 1.165) is 0 Å². The SMILES string of the molecule is COCCN1C[C@@H](N2CC3CN(C(=O)O)CCN3C2=O)C[C@@H]1C(=O)OC. The van der Waals surface area contributed by atoms with Gasteiger partial charge in [-0.25, -0.2) is 9.59 Å². The van der Waals surface area contributed by atoms with Crippen LogP contribution in [0.3, 0.4) is 0 Å². The minimum atomic E-state index is -0.951. The Morgan fingerprint density at radius 3 is 2.54 bits per heavy atom. The Labute approximate surface area is 152 Å². The number of nitrogens with zero attached hydrogens (tertiary/aromatic N) is 4. The zero-order chi connectivity index (χ0) is 18.8. The Morgan fingerprint density at radius 2 is 1.88 bits per heavy atom. The van der Waals surface area contributed by atoms with E-state index >= 15 is 0 Å². The van der Waals surface area contributed by atoms with Gasteiger partial charge in [0.25, 0.3) is 0 Å². The molecular weight excluding hydrogens is 344 g/mol. The molecule has 3 fully saturated rings. The van der Waals surface area contributed by atoms with Gasteiger partial charge in [-0.3, -0.25) is 9.69 Å². The predicted octanol–water partition coefficient (Wildman–Crippen LogP) is -0.651. The third-order valence-electron chi connectivity index (χ3n) is 5.53. The summed E-state index contributed by atoms with van der Waals surface area (Å²) in [5.41, 5.74) is 0. The molecule has 0 aromatic heterocycles. The molecule has 0 spiro atoms. The highest BCUT2D eigenvalue weighted by molar-refractivity contribution is 5.79. The van der Waals surface area contributed by atoms with Gasteiger partial charge in [0, 0.05) is 52.4 Å². The minimum Gasteiger partial charge on any atom is -0.468 e. The zero-order valence-electron chi connectivity index (χ0n) is 15.2. The quantitative estimate of drug-likeness (QED) is 0.642. The van der Waals surface area contributed by atoms with E-state index in [1.807, 2.05) is 4.90 Å². The summed E-state index contributed by atoms with van der Waals surface area (Å²) in [7, 11) is 2.97. The lowest BCUT2D eigenvalue weighted by molar-refractivity contribution is -0.146. The molecule has 1 unspecified atom stereocenters. The summed E-state index contributed by atoms with van der Waals surface area (Å²) in [6.07, 6.45) is -0.432. The lowest BCUT2D eigenvalue weighted by Crippen LogP contribution is -2.53. The largest absolute Gasteiger partial charge is 0.468 e. The van der Waals surface area contributed by atoms with E-state index < -0.39 is 6.09 Å². The van der Waals surface area contributed by atoms with E-state index in [9.17, 15) is 19.5 Å². The second-order valence-electron chi connectivity index (χ2n) is 6.93. The molecule has 0 bridgehead atoms. The van der Waals surface area contributed by atoms with Crippen molar-refractivity contribution in [3.05, 3.63) is 0 Å². The van der Waals surface area contributed by atoms with Crippen LogP contribution in [0.15, 0.2) is 0 Å². The van der Waals surface area contributed by atoms with Crippen molar-refractivity contribution in [2.45, 2.75) is 24.5 Å². The summed E-state index contributed by atoms with van der Waals surface area (Å²) in [4.78, 5) is 43.0. The highest BCUT2D eigenvalue weighted by Crippen LogP contribution is 2.29. The van der Waals surface area contributed by atoms with Gasteiger partial charge in [-0.15, -0.1) is 0 Å². The van der Waals surface area contributed by atoms with Gasteiger partial charge in [0.15, 0.2) is 0 Å². The van der Waals surface area contributed by atoms with Gasteiger partial charge in [0.1, 0.15) is 6.04 Å². The Balaban J connectivity index is 1.68. The summed E-state index contributed by atoms with van der Waals surface area (Å²) in [6.45, 7) is 3.23. The van der Waals surface area contributed by atoms with Crippen LogP contribution in [0.5, 0.6) is 0 Å². The third-order valence-corrected chi connectivity index (χ3v) is 5.53. The van der Waals surface area contributed by atoms with Crippen LogP contribution in [0.1, 0.15) is 6.42 Å². The standard InChI is InChI=1S/C16H26N4O6/c1-25-6-5-17-8-11(7-13(17)14(21)26-2)20-10-12-9-18(16(23)24)3-4-19(12)15(20)22/h11-13H,3-10H2,1-2H3,(H,23,24)/t11-,12?,13+/m0/s1. The Bertz CT molecular complexity index is 573. The van der Waals surface area contributed by atoms with Crippen LogP contribution in [0.4, 0.5) is 9.59 Å². The molecule has 3 atom stereocenters. The van der Waals surface area contributed by atoms with Crippen molar-refractivity contribution in [2.24, 2.45) is 0 Å². The van der Waals surface area contributed by atoms with Crippen LogP contribution in [-0.4, -0.2) is 121 Å². The van der Waals surface area contributed by atoms with Crippen molar-refractivity contribution >= 4 is 18.1 Å². The van der Waals surface area contributed by atoms with E-state index in [1.54, 1.807) is 16.9 Å². The molecular formula is C16H26N4O6. The fraction of sp³-hybridized carbons (Fsp3) is 0.812. The number of urea groups is 1. The molecule has 0 aromatic carbocycles. The van der Waals surface area contributed by atoms with Gasteiger partial charge >= 0.3 is 18.1 Å². The molecule has 3 heterocycles. The maximum Gasteiger partial charge on any atom is 0.407 e. The average molecular weight is 370 g/mol. The number of likely N-dealkylation sites (tertiary alicyclic amines) is 1. The molecule has 0 radical (unpaired) electrons. The molecule has 3 rings (SSSR count). The van der Waals surface area contributed by atoms with E-state index in [0.29, 0.717) is 52.3 Å². The fourth-order valence-electron chi connectivity index (χ4n) is 4.15. The number of fused-ring (bicyclic) bond motifs is 1. The number of piperazine rings is 1. The molecule has 3 aliphatic heterocycles. The maximum atomic E-state index is 12.8. The van der Waals surface area contributed by atoms with Crippen molar-refractivity contribution in [3.8, 4) is 0 Å². The first-order valence-corrected chi connectivity index (χ1v) is 8.82. The van der Waals surface area contributed by atoms with Crippen molar-refractivity contribution < 1.29 is 29.0 Å². The zero-order valence-corrected chi connectivity index (χ0v) is 15.2. The van der Waals surface area contributed by atoms with Crippen LogP contribution in [0.25, 0.3) is 0 Å². The number of esters is 1. The van der Waals surface area contributed by atoms with Gasteiger partial charge in [0.05, 0.1) is 19.8 Å². The first kappa shape index (κ1) is 18.7. The first-order valence-electron chi connectivity index (χ1n) is 8.82. The second kappa shape index (κ2) is 7.67. The monoisotopic (exact) mass is 370 g/mol. The molecule has 1 N–H and O–H groups in total. The molecule has 0 aromatic rings. The maximum absolute atomic E-state index is 12.8. The first-order chi connectivity index (χ1) is 12.5. The van der Waals surface area contributed by atoms with Crippen molar-refractivity contribution in [2.75, 3.05) is 60.1 Å². The predicted molar refractivity (Wildman–Crippen MR) is 89.9 cm³/mol. The van der Waals surface area contributed by atoms with Crippen molar-refractivity contribution in [1.82, 2.24) is 19.6 Å². The molecule has 0 aliphatic carbocycles. The topological polar surface area (TPSA) is 103 Å². The number of hydrogen-bond acceptors (Lipinski definition) is 6. The van der Waals surface area contributed by atoms with Crippen molar-refractivity contribution in [1.29, 1.82) is 0 Å². The van der Waals surface area contributed by atoms with Gasteiger partial charge in [-0.2, -0.15) is 0 Å². The van der Waals surface area contributed by atoms with Gasteiger partial charge in [-0.1, -0.05) is 0 Å². The molecule has 146 valence electrons. The number of carboxylic acid groups (broad SMARTS) is 1. The molecule has 10 nitrogen and oxygen atoms in total. The lowest BCUT2D eigenvalue weighted by atomic mass is 10.1. The Kier molecular flexibility index (Phi) is 5.52. The second-order valence-corrected chi connectivity index (χ2v) is 6.93. The smallest absolute Gasteiger partial charge is 0.407 e. The molecule has 26 heavy (non-hydrogen) atoms. The van der Waals surface area contributed by atoms with Gasteiger partial charge in [-0.05, 0) is 6.42 Å². The van der Waals surface area contributed by atoms with E-state index in [2.05, 4.69) is 0 Å². The molecule has 10 heteroatoms. The number of amides is 3. The number of methoxy groups -OCH3 is 2. The Morgan fingerprint density at radius 1 is 1.12 bits per heavy atom. The van der Waals surface area contributed by atoms with Crippen LogP contribution in [-0.2, 0) is 14.3 Å². The molecule has 0 saturated carbocycles. The van der Waals surface area contributed by atoms with Gasteiger partial charge < -0.3 is 29.3 Å². The van der Waals surface area contributed by atoms with Crippen molar-refractivity contribution in [3.63, 3.8) is 0 Å². The van der Waals surface area contributed by atoms with Gasteiger partial charge in [0.2, 0.25) is 0 Å². The van der Waals surface area contributed by atoms with Crippen LogP contribution in [0, 0.1) is 0 Å². The Hall–Kier alpha value is -2.07. The summed E-state index contributed by atoms with van der Waals surface area (Å²) >= 11 is 0. The molecule has 3 amide bonds. The van der Waals surface area contributed by atoms with E-state index in [4.69, 9.17) is 9.47 Å². The normalized spacial score (nSPS) is 29.2. The molecule has 3 saturated heterocycles. The lowest BCUT2D eigenvalue weighted by Gasteiger charge is -2.34. The van der Waals surface area contributed by atoms with E-state index in [-0.39, 0.29) is 30.1 Å². The van der Waals surface area contributed by atoms with Crippen LogP contribution in [0.2, 0.25) is 0 Å². The average Bonchev–Trinajstić information content (AvgIpc) is 3.20. The highest BCUT2D eigenvalue weighted by Gasteiger charge is 2.48.